The molecule has 0 fully saturated rings. The van der Waals surface area contributed by atoms with E-state index in [-0.39, 0.29) is 0 Å². The maximum absolute atomic E-state index is 8.80. The van der Waals surface area contributed by atoms with Crippen LogP contribution in [0.5, 0.6) is 0 Å². The van der Waals surface area contributed by atoms with Gasteiger partial charge in [-0.2, -0.15) is 5.26 Å². The van der Waals surface area contributed by atoms with Crippen molar-refractivity contribution < 1.29 is 0 Å². The Morgan fingerprint density at radius 3 is 2.83 bits per heavy atom. The van der Waals surface area contributed by atoms with Crippen molar-refractivity contribution in [3.8, 4) is 6.07 Å². The molecule has 2 heteroatoms. The third-order valence-corrected chi connectivity index (χ3v) is 2.48. The van der Waals surface area contributed by atoms with Crippen molar-refractivity contribution in [2.75, 3.05) is 0 Å². The van der Waals surface area contributed by atoms with E-state index in [0.29, 0.717) is 0 Å². The van der Waals surface area contributed by atoms with E-state index in [1.54, 1.807) is 0 Å². The molecule has 0 amide bonds. The second-order valence-corrected chi connectivity index (χ2v) is 3.48. The van der Waals surface area contributed by atoms with Crippen molar-refractivity contribution in [2.24, 2.45) is 0 Å². The number of halogens is 1. The maximum Gasteiger partial charge on any atom is 0.0994 e. The van der Waals surface area contributed by atoms with Gasteiger partial charge in [0.15, 0.2) is 0 Å². The summed E-state index contributed by atoms with van der Waals surface area (Å²) in [5, 5.41) is 8.80. The Kier molecular flexibility index (Phi) is 3.31. The molecule has 62 valence electrons. The molecule has 12 heavy (non-hydrogen) atoms. The molecule has 0 aliphatic rings. The molecular weight excluding hydrogens is 214 g/mol. The zero-order valence-corrected chi connectivity index (χ0v) is 8.56. The van der Waals surface area contributed by atoms with Crippen molar-refractivity contribution in [1.29, 1.82) is 5.26 Å². The molecule has 0 saturated carbocycles. The topological polar surface area (TPSA) is 23.8 Å². The largest absolute Gasteiger partial charge is 0.192 e. The second kappa shape index (κ2) is 4.27. The molecule has 0 saturated heterocycles. The minimum absolute atomic E-state index is 0.784. The first-order valence-corrected chi connectivity index (χ1v) is 4.76. The maximum atomic E-state index is 8.80. The van der Waals surface area contributed by atoms with Crippen LogP contribution in [0.2, 0.25) is 0 Å². The van der Waals surface area contributed by atoms with E-state index >= 15 is 0 Å². The fraction of sp³-hybridized carbons (Fsp3) is 0.300. The molecular formula is C10H10BrN. The summed E-state index contributed by atoms with van der Waals surface area (Å²) in [4.78, 5) is 0. The van der Waals surface area contributed by atoms with Crippen LogP contribution in [0.3, 0.4) is 0 Å². The fourth-order valence-corrected chi connectivity index (χ4v) is 1.73. The van der Waals surface area contributed by atoms with Crippen molar-refractivity contribution in [2.45, 2.75) is 19.8 Å². The van der Waals surface area contributed by atoms with Gasteiger partial charge in [-0.1, -0.05) is 35.3 Å². The summed E-state index contributed by atoms with van der Waals surface area (Å²) in [6, 6.07) is 7.92. The molecule has 0 heterocycles. The van der Waals surface area contributed by atoms with E-state index in [2.05, 4.69) is 28.9 Å². The molecule has 0 unspecified atom stereocenters. The van der Waals surface area contributed by atoms with Crippen LogP contribution in [-0.2, 0) is 6.42 Å². The van der Waals surface area contributed by atoms with Gasteiger partial charge in [-0.3, -0.25) is 0 Å². The lowest BCUT2D eigenvalue weighted by Crippen LogP contribution is -1.90. The normalized spacial score (nSPS) is 9.42. The quantitative estimate of drug-likeness (QED) is 0.756. The van der Waals surface area contributed by atoms with Gasteiger partial charge in [-0.25, -0.2) is 0 Å². The van der Waals surface area contributed by atoms with Crippen LogP contribution in [0.25, 0.3) is 0 Å². The van der Waals surface area contributed by atoms with Crippen molar-refractivity contribution in [3.05, 3.63) is 33.8 Å². The average Bonchev–Trinajstić information content (AvgIpc) is 2.09. The van der Waals surface area contributed by atoms with Crippen LogP contribution in [0.1, 0.15) is 24.5 Å². The number of nitriles is 1. The van der Waals surface area contributed by atoms with Gasteiger partial charge in [-0.15, -0.1) is 0 Å². The van der Waals surface area contributed by atoms with Gasteiger partial charge in [0.05, 0.1) is 11.6 Å². The van der Waals surface area contributed by atoms with Crippen molar-refractivity contribution in [1.82, 2.24) is 0 Å². The minimum Gasteiger partial charge on any atom is -0.192 e. The van der Waals surface area contributed by atoms with E-state index in [0.717, 1.165) is 28.4 Å². The lowest BCUT2D eigenvalue weighted by Gasteiger charge is -2.03. The molecule has 1 aromatic carbocycles. The predicted molar refractivity (Wildman–Crippen MR) is 52.9 cm³/mol. The molecule has 0 radical (unpaired) electrons. The molecule has 0 aliphatic heterocycles. The zero-order chi connectivity index (χ0) is 8.97. The van der Waals surface area contributed by atoms with E-state index < -0.39 is 0 Å². The second-order valence-electron chi connectivity index (χ2n) is 2.63. The van der Waals surface area contributed by atoms with Gasteiger partial charge < -0.3 is 0 Å². The predicted octanol–water partition coefficient (Wildman–Crippen LogP) is 3.27. The third-order valence-electron chi connectivity index (χ3n) is 1.74. The number of nitrogens with zero attached hydrogens (tertiary/aromatic N) is 1. The Bertz CT molecular complexity index is 312. The standard InChI is InChI=1S/C10H10BrN/c1-2-4-9-8(7-12)5-3-6-10(9)11/h3,5-6H,2,4H2,1H3. The number of hydrogen-bond acceptors (Lipinski definition) is 1. The van der Waals surface area contributed by atoms with Crippen LogP contribution in [0.15, 0.2) is 22.7 Å². The number of benzene rings is 1. The smallest absolute Gasteiger partial charge is 0.0994 e. The first-order chi connectivity index (χ1) is 5.79. The highest BCUT2D eigenvalue weighted by molar-refractivity contribution is 9.10. The van der Waals surface area contributed by atoms with Crippen molar-refractivity contribution in [3.63, 3.8) is 0 Å². The van der Waals surface area contributed by atoms with E-state index in [4.69, 9.17) is 5.26 Å². The summed E-state index contributed by atoms with van der Waals surface area (Å²) in [5.41, 5.74) is 1.91. The Labute approximate surface area is 81.2 Å². The lowest BCUT2D eigenvalue weighted by atomic mass is 10.0. The van der Waals surface area contributed by atoms with Crippen LogP contribution >= 0.6 is 15.9 Å². The Balaban J connectivity index is 3.13. The lowest BCUT2D eigenvalue weighted by molar-refractivity contribution is 0.913. The average molecular weight is 224 g/mol. The summed E-state index contributed by atoms with van der Waals surface area (Å²) >= 11 is 3.44. The van der Waals surface area contributed by atoms with Gasteiger partial charge in [0, 0.05) is 4.47 Å². The molecule has 0 aliphatic carbocycles. The molecule has 1 rings (SSSR count). The summed E-state index contributed by atoms with van der Waals surface area (Å²) in [6.45, 7) is 2.11. The molecule has 1 aromatic rings. The van der Waals surface area contributed by atoms with Gasteiger partial charge in [0.2, 0.25) is 0 Å². The van der Waals surface area contributed by atoms with Gasteiger partial charge in [0.1, 0.15) is 0 Å². The highest BCUT2D eigenvalue weighted by Gasteiger charge is 2.03. The molecule has 0 N–H and O–H groups in total. The summed E-state index contributed by atoms with van der Waals surface area (Å²) < 4.78 is 1.04. The zero-order valence-electron chi connectivity index (χ0n) is 6.97. The van der Waals surface area contributed by atoms with Crippen molar-refractivity contribution >= 4 is 15.9 Å². The summed E-state index contributed by atoms with van der Waals surface area (Å²) in [5.74, 6) is 0. The molecule has 0 spiro atoms. The molecule has 0 atom stereocenters. The van der Waals surface area contributed by atoms with E-state index in [1.807, 2.05) is 18.2 Å². The van der Waals surface area contributed by atoms with Crippen LogP contribution in [-0.4, -0.2) is 0 Å². The highest BCUT2D eigenvalue weighted by atomic mass is 79.9. The summed E-state index contributed by atoms with van der Waals surface area (Å²) in [7, 11) is 0. The SMILES string of the molecule is CCCc1c(Br)cccc1C#N. The minimum atomic E-state index is 0.784. The number of rotatable bonds is 2. The third kappa shape index (κ3) is 1.86. The first-order valence-electron chi connectivity index (χ1n) is 3.97. The fourth-order valence-electron chi connectivity index (χ4n) is 1.17. The number of hydrogen-bond donors (Lipinski definition) is 0. The first kappa shape index (κ1) is 9.28. The molecule has 1 nitrogen and oxygen atoms in total. The molecule has 0 aromatic heterocycles. The monoisotopic (exact) mass is 223 g/mol. The van der Waals surface area contributed by atoms with E-state index in [1.165, 1.54) is 0 Å². The molecule has 0 bridgehead atoms. The van der Waals surface area contributed by atoms with E-state index in [9.17, 15) is 0 Å². The highest BCUT2D eigenvalue weighted by Crippen LogP contribution is 2.21. The Hall–Kier alpha value is -0.810. The Morgan fingerprint density at radius 1 is 1.50 bits per heavy atom. The Morgan fingerprint density at radius 2 is 2.25 bits per heavy atom. The van der Waals surface area contributed by atoms with Crippen LogP contribution in [0.4, 0.5) is 0 Å². The van der Waals surface area contributed by atoms with Gasteiger partial charge in [0.25, 0.3) is 0 Å². The van der Waals surface area contributed by atoms with Gasteiger partial charge >= 0.3 is 0 Å². The summed E-state index contributed by atoms with van der Waals surface area (Å²) in [6.07, 6.45) is 2.03. The van der Waals surface area contributed by atoms with Crippen LogP contribution < -0.4 is 0 Å². The van der Waals surface area contributed by atoms with Gasteiger partial charge in [-0.05, 0) is 24.1 Å². The van der Waals surface area contributed by atoms with Crippen LogP contribution in [0, 0.1) is 11.3 Å².